The van der Waals surface area contributed by atoms with Gasteiger partial charge in [-0.25, -0.2) is 9.97 Å². The fraction of sp³-hybridized carbons (Fsp3) is 0.500. The maximum atomic E-state index is 13.2. The van der Waals surface area contributed by atoms with Gasteiger partial charge in [0.2, 0.25) is 5.91 Å². The molecule has 9 heteroatoms. The molecule has 1 aromatic carbocycles. The number of H-pyrrole nitrogens is 1. The SMILES string of the molecule is NC1(CC(=O)N[C@@H](CCN2CCCC2)c2ccc(Cl)cc2)CCN(c2ncnc3[nH]ccc23)CC1. The molecule has 5 rings (SSSR count). The van der Waals surface area contributed by atoms with E-state index in [9.17, 15) is 4.79 Å². The lowest BCUT2D eigenvalue weighted by Crippen LogP contribution is -2.53. The molecular weight excluding hydrogens is 462 g/mol. The summed E-state index contributed by atoms with van der Waals surface area (Å²) in [6.45, 7) is 4.78. The molecule has 4 N–H and O–H groups in total. The number of halogens is 1. The Balaban J connectivity index is 1.20. The molecule has 2 fully saturated rings. The Morgan fingerprint density at radius 2 is 1.86 bits per heavy atom. The first-order chi connectivity index (χ1) is 17.0. The molecule has 1 amide bonds. The van der Waals surface area contributed by atoms with E-state index in [0.29, 0.717) is 11.4 Å². The second-order valence-corrected chi connectivity index (χ2v) is 10.4. The van der Waals surface area contributed by atoms with Crippen molar-refractivity contribution < 1.29 is 4.79 Å². The number of benzene rings is 1. The van der Waals surface area contributed by atoms with Crippen molar-refractivity contribution in [2.24, 2.45) is 5.73 Å². The molecule has 8 nitrogen and oxygen atoms in total. The average Bonchev–Trinajstić information content (AvgIpc) is 3.55. The molecule has 186 valence electrons. The first kappa shape index (κ1) is 24.0. The summed E-state index contributed by atoms with van der Waals surface area (Å²) in [5.41, 5.74) is 8.14. The fourth-order valence-corrected chi connectivity index (χ4v) is 5.48. The van der Waals surface area contributed by atoms with Gasteiger partial charge in [-0.3, -0.25) is 4.79 Å². The van der Waals surface area contributed by atoms with Gasteiger partial charge in [0.25, 0.3) is 0 Å². The van der Waals surface area contributed by atoms with Gasteiger partial charge < -0.3 is 25.8 Å². The summed E-state index contributed by atoms with van der Waals surface area (Å²) in [7, 11) is 0. The lowest BCUT2D eigenvalue weighted by Gasteiger charge is -2.39. The number of anilines is 1. The summed E-state index contributed by atoms with van der Waals surface area (Å²) in [5, 5.41) is 5.00. The van der Waals surface area contributed by atoms with Crippen LogP contribution in [0.5, 0.6) is 0 Å². The quantitative estimate of drug-likeness (QED) is 0.441. The maximum absolute atomic E-state index is 13.2. The Hall–Kier alpha value is -2.68. The molecule has 35 heavy (non-hydrogen) atoms. The topological polar surface area (TPSA) is 103 Å². The smallest absolute Gasteiger partial charge is 0.222 e. The van der Waals surface area contributed by atoms with E-state index in [4.69, 9.17) is 17.3 Å². The summed E-state index contributed by atoms with van der Waals surface area (Å²) in [4.78, 5) is 29.8. The zero-order valence-corrected chi connectivity index (χ0v) is 20.8. The second-order valence-electron chi connectivity index (χ2n) is 9.97. The molecule has 0 unspecified atom stereocenters. The largest absolute Gasteiger partial charge is 0.356 e. The predicted octanol–water partition coefficient (Wildman–Crippen LogP) is 3.64. The number of nitrogens with one attached hydrogen (secondary N) is 2. The van der Waals surface area contributed by atoms with Gasteiger partial charge in [-0.05, 0) is 69.0 Å². The number of nitrogens with two attached hydrogens (primary N) is 1. The molecule has 0 bridgehead atoms. The van der Waals surface area contributed by atoms with Gasteiger partial charge in [-0.2, -0.15) is 0 Å². The highest BCUT2D eigenvalue weighted by molar-refractivity contribution is 6.30. The molecule has 2 aliphatic rings. The van der Waals surface area contributed by atoms with Gasteiger partial charge in [0.05, 0.1) is 11.4 Å². The van der Waals surface area contributed by atoms with Crippen LogP contribution in [0.25, 0.3) is 11.0 Å². The fourth-order valence-electron chi connectivity index (χ4n) is 5.35. The zero-order valence-electron chi connectivity index (χ0n) is 20.0. The van der Waals surface area contributed by atoms with Crippen LogP contribution in [0.2, 0.25) is 5.02 Å². The van der Waals surface area contributed by atoms with Crippen LogP contribution in [-0.2, 0) is 4.79 Å². The number of fused-ring (bicyclic) bond motifs is 1. The summed E-state index contributed by atoms with van der Waals surface area (Å²) < 4.78 is 0. The number of carbonyl (C=O) groups excluding carboxylic acids is 1. The van der Waals surface area contributed by atoms with Crippen molar-refractivity contribution in [3.8, 4) is 0 Å². The minimum Gasteiger partial charge on any atom is -0.356 e. The Labute approximate surface area is 211 Å². The van der Waals surface area contributed by atoms with E-state index in [1.54, 1.807) is 6.33 Å². The second kappa shape index (κ2) is 10.5. The van der Waals surface area contributed by atoms with Crippen molar-refractivity contribution in [2.75, 3.05) is 37.6 Å². The van der Waals surface area contributed by atoms with Crippen molar-refractivity contribution >= 4 is 34.4 Å². The molecule has 0 radical (unpaired) electrons. The lowest BCUT2D eigenvalue weighted by molar-refractivity contribution is -0.123. The standard InChI is InChI=1S/C26H34ClN7O/c27-20-5-3-19(4-6-20)22(8-14-33-12-1-2-13-33)32-23(35)17-26(28)9-15-34(16-10-26)25-21-7-11-29-24(21)30-18-31-25/h3-7,11,18,22H,1-2,8-10,12-17,28H2,(H,32,35)(H,29,30,31)/t22-/m0/s1. The molecule has 2 saturated heterocycles. The van der Waals surface area contributed by atoms with Crippen LogP contribution >= 0.6 is 11.6 Å². The van der Waals surface area contributed by atoms with Crippen molar-refractivity contribution in [2.45, 2.75) is 50.1 Å². The number of likely N-dealkylation sites (tertiary alicyclic amines) is 1. The van der Waals surface area contributed by atoms with Gasteiger partial charge in [0.1, 0.15) is 17.8 Å². The first-order valence-corrected chi connectivity index (χ1v) is 13.0. The van der Waals surface area contributed by atoms with E-state index >= 15 is 0 Å². The van der Waals surface area contributed by atoms with Crippen LogP contribution in [0.4, 0.5) is 5.82 Å². The third kappa shape index (κ3) is 5.77. The van der Waals surface area contributed by atoms with Crippen LogP contribution in [0.15, 0.2) is 42.9 Å². The summed E-state index contributed by atoms with van der Waals surface area (Å²) in [6, 6.07) is 9.75. The van der Waals surface area contributed by atoms with E-state index < -0.39 is 5.54 Å². The number of rotatable bonds is 8. The number of hydrogen-bond acceptors (Lipinski definition) is 6. The van der Waals surface area contributed by atoms with E-state index in [2.05, 4.69) is 30.1 Å². The Morgan fingerprint density at radius 1 is 1.11 bits per heavy atom. The van der Waals surface area contributed by atoms with Crippen LogP contribution in [0, 0.1) is 0 Å². The molecular formula is C26H34ClN7O. The number of aromatic nitrogens is 3. The van der Waals surface area contributed by atoms with Crippen LogP contribution in [0.3, 0.4) is 0 Å². The predicted molar refractivity (Wildman–Crippen MR) is 139 cm³/mol. The highest BCUT2D eigenvalue weighted by Crippen LogP contribution is 2.30. The van der Waals surface area contributed by atoms with Gasteiger partial charge in [-0.1, -0.05) is 23.7 Å². The number of amides is 1. The van der Waals surface area contributed by atoms with E-state index in [1.165, 1.54) is 12.8 Å². The van der Waals surface area contributed by atoms with E-state index in [-0.39, 0.29) is 11.9 Å². The number of hydrogen-bond donors (Lipinski definition) is 3. The van der Waals surface area contributed by atoms with E-state index in [0.717, 1.165) is 74.4 Å². The Kier molecular flexibility index (Phi) is 7.22. The van der Waals surface area contributed by atoms with Crippen LogP contribution < -0.4 is 16.0 Å². The Bertz CT molecular complexity index is 1130. The monoisotopic (exact) mass is 495 g/mol. The molecule has 4 heterocycles. The van der Waals surface area contributed by atoms with Gasteiger partial charge in [0, 0.05) is 42.8 Å². The molecule has 2 aromatic heterocycles. The minimum atomic E-state index is -0.523. The maximum Gasteiger partial charge on any atom is 0.222 e. The Morgan fingerprint density at radius 3 is 2.60 bits per heavy atom. The summed E-state index contributed by atoms with van der Waals surface area (Å²) in [5.74, 6) is 0.935. The van der Waals surface area contributed by atoms with Gasteiger partial charge in [0.15, 0.2) is 0 Å². The number of aromatic amines is 1. The van der Waals surface area contributed by atoms with Gasteiger partial charge >= 0.3 is 0 Å². The molecule has 0 spiro atoms. The average molecular weight is 496 g/mol. The van der Waals surface area contributed by atoms with E-state index in [1.807, 2.05) is 36.5 Å². The van der Waals surface area contributed by atoms with Crippen LogP contribution in [-0.4, -0.2) is 64.0 Å². The number of piperidine rings is 1. The molecule has 0 saturated carbocycles. The third-order valence-corrected chi connectivity index (χ3v) is 7.70. The van der Waals surface area contributed by atoms with Crippen molar-refractivity contribution in [1.82, 2.24) is 25.2 Å². The first-order valence-electron chi connectivity index (χ1n) is 12.6. The molecule has 1 atom stereocenters. The minimum absolute atomic E-state index is 0.0115. The highest BCUT2D eigenvalue weighted by atomic mass is 35.5. The van der Waals surface area contributed by atoms with Gasteiger partial charge in [-0.15, -0.1) is 0 Å². The lowest BCUT2D eigenvalue weighted by atomic mass is 9.85. The third-order valence-electron chi connectivity index (χ3n) is 7.44. The van der Waals surface area contributed by atoms with Crippen molar-refractivity contribution in [3.05, 3.63) is 53.4 Å². The summed E-state index contributed by atoms with van der Waals surface area (Å²) in [6.07, 6.45) is 8.64. The van der Waals surface area contributed by atoms with Crippen molar-refractivity contribution in [1.29, 1.82) is 0 Å². The summed E-state index contributed by atoms with van der Waals surface area (Å²) >= 11 is 6.11. The number of carbonyl (C=O) groups is 1. The molecule has 2 aliphatic heterocycles. The zero-order chi connectivity index (χ0) is 24.3. The molecule has 0 aliphatic carbocycles. The normalized spacial score (nSPS) is 19.2. The number of nitrogens with zero attached hydrogens (tertiary/aromatic N) is 4. The van der Waals surface area contributed by atoms with Crippen LogP contribution in [0.1, 0.15) is 50.1 Å². The highest BCUT2D eigenvalue weighted by Gasteiger charge is 2.34. The molecule has 3 aromatic rings. The van der Waals surface area contributed by atoms with Crippen molar-refractivity contribution in [3.63, 3.8) is 0 Å².